The lowest BCUT2D eigenvalue weighted by Gasteiger charge is -2.21. The molecule has 0 aliphatic rings. The smallest absolute Gasteiger partial charge is 0.0234 e. The maximum atomic E-state index is 3.56. The van der Waals surface area contributed by atoms with Crippen LogP contribution in [0.1, 0.15) is 17.5 Å². The van der Waals surface area contributed by atoms with Gasteiger partial charge in [-0.1, -0.05) is 76.6 Å². The number of halogens is 1. The molecule has 0 aromatic heterocycles. The van der Waals surface area contributed by atoms with Gasteiger partial charge in [-0.2, -0.15) is 0 Å². The molecule has 0 unspecified atom stereocenters. The molecule has 0 atom stereocenters. The standard InChI is InChI=1S/C18H22BrN/c19-13-15-20(16-18-10-5-2-6-11-18)14-7-12-17-8-3-1-4-9-17/h1-6,8-11H,7,12-16H2. The minimum absolute atomic E-state index is 1.03. The van der Waals surface area contributed by atoms with E-state index in [1.54, 1.807) is 0 Å². The molecule has 2 aromatic rings. The van der Waals surface area contributed by atoms with E-state index in [0.29, 0.717) is 0 Å². The third-order valence-electron chi connectivity index (χ3n) is 3.43. The monoisotopic (exact) mass is 331 g/mol. The first-order valence-corrected chi connectivity index (χ1v) is 8.37. The predicted molar refractivity (Wildman–Crippen MR) is 90.3 cm³/mol. The van der Waals surface area contributed by atoms with E-state index in [1.165, 1.54) is 17.5 Å². The Morgan fingerprint density at radius 1 is 0.750 bits per heavy atom. The van der Waals surface area contributed by atoms with E-state index in [1.807, 2.05) is 0 Å². The SMILES string of the molecule is BrCCN(CCCc1ccccc1)Cc1ccccc1. The van der Waals surface area contributed by atoms with E-state index in [2.05, 4.69) is 81.5 Å². The van der Waals surface area contributed by atoms with Crippen molar-refractivity contribution in [3.05, 3.63) is 71.8 Å². The fourth-order valence-electron chi connectivity index (χ4n) is 2.38. The summed E-state index contributed by atoms with van der Waals surface area (Å²) < 4.78 is 0. The first kappa shape index (κ1) is 15.3. The van der Waals surface area contributed by atoms with Crippen molar-refractivity contribution in [3.8, 4) is 0 Å². The van der Waals surface area contributed by atoms with E-state index >= 15 is 0 Å². The van der Waals surface area contributed by atoms with Crippen LogP contribution in [0.5, 0.6) is 0 Å². The third-order valence-corrected chi connectivity index (χ3v) is 3.79. The highest BCUT2D eigenvalue weighted by molar-refractivity contribution is 9.09. The summed E-state index contributed by atoms with van der Waals surface area (Å²) in [7, 11) is 0. The normalized spacial score (nSPS) is 10.9. The zero-order valence-corrected chi connectivity index (χ0v) is 13.4. The summed E-state index contributed by atoms with van der Waals surface area (Å²) in [6, 6.07) is 21.5. The van der Waals surface area contributed by atoms with Gasteiger partial charge in [0.05, 0.1) is 0 Å². The molecule has 2 heteroatoms. The molecule has 0 saturated carbocycles. The lowest BCUT2D eigenvalue weighted by atomic mass is 10.1. The van der Waals surface area contributed by atoms with Crippen LogP contribution in [0.3, 0.4) is 0 Å². The molecule has 0 N–H and O–H groups in total. The van der Waals surface area contributed by atoms with Gasteiger partial charge in [0.15, 0.2) is 0 Å². The maximum Gasteiger partial charge on any atom is 0.0234 e. The van der Waals surface area contributed by atoms with Crippen LogP contribution in [0.2, 0.25) is 0 Å². The fraction of sp³-hybridized carbons (Fsp3) is 0.333. The van der Waals surface area contributed by atoms with Crippen LogP contribution in [0.4, 0.5) is 0 Å². The Labute approximate surface area is 130 Å². The highest BCUT2D eigenvalue weighted by atomic mass is 79.9. The van der Waals surface area contributed by atoms with Gasteiger partial charge in [-0.3, -0.25) is 4.90 Å². The van der Waals surface area contributed by atoms with Gasteiger partial charge in [0, 0.05) is 18.4 Å². The Bertz CT molecular complexity index is 469. The van der Waals surface area contributed by atoms with Crippen LogP contribution >= 0.6 is 15.9 Å². The quantitative estimate of drug-likeness (QED) is 0.643. The summed E-state index contributed by atoms with van der Waals surface area (Å²) in [6.07, 6.45) is 2.37. The summed E-state index contributed by atoms with van der Waals surface area (Å²) in [5.41, 5.74) is 2.83. The van der Waals surface area contributed by atoms with Gasteiger partial charge >= 0.3 is 0 Å². The van der Waals surface area contributed by atoms with Crippen molar-refractivity contribution >= 4 is 15.9 Å². The topological polar surface area (TPSA) is 3.24 Å². The van der Waals surface area contributed by atoms with E-state index in [9.17, 15) is 0 Å². The van der Waals surface area contributed by atoms with Crippen LogP contribution < -0.4 is 0 Å². The van der Waals surface area contributed by atoms with E-state index in [0.717, 1.165) is 31.4 Å². The zero-order chi connectivity index (χ0) is 14.0. The highest BCUT2D eigenvalue weighted by Gasteiger charge is 2.05. The molecule has 20 heavy (non-hydrogen) atoms. The Hall–Kier alpha value is -1.12. The minimum atomic E-state index is 1.03. The Balaban J connectivity index is 1.80. The summed E-state index contributed by atoms with van der Waals surface area (Å²) in [6.45, 7) is 3.29. The highest BCUT2D eigenvalue weighted by Crippen LogP contribution is 2.08. The predicted octanol–water partition coefficient (Wildman–Crippen LogP) is 4.52. The van der Waals surface area contributed by atoms with Crippen LogP contribution in [-0.4, -0.2) is 23.3 Å². The number of benzene rings is 2. The molecular formula is C18H22BrN. The Kier molecular flexibility index (Phi) is 6.82. The van der Waals surface area contributed by atoms with Crippen LogP contribution in [-0.2, 0) is 13.0 Å². The molecule has 2 rings (SSSR count). The largest absolute Gasteiger partial charge is 0.298 e. The summed E-state index contributed by atoms with van der Waals surface area (Å²) in [5, 5.41) is 1.03. The molecule has 2 aromatic carbocycles. The average molecular weight is 332 g/mol. The second-order valence-electron chi connectivity index (χ2n) is 5.04. The van der Waals surface area contributed by atoms with Crippen molar-refractivity contribution in [3.63, 3.8) is 0 Å². The number of rotatable bonds is 8. The first-order chi connectivity index (χ1) is 9.88. The van der Waals surface area contributed by atoms with Gasteiger partial charge in [0.2, 0.25) is 0 Å². The molecule has 0 heterocycles. The zero-order valence-electron chi connectivity index (χ0n) is 11.8. The van der Waals surface area contributed by atoms with Gasteiger partial charge < -0.3 is 0 Å². The van der Waals surface area contributed by atoms with E-state index < -0.39 is 0 Å². The lowest BCUT2D eigenvalue weighted by Crippen LogP contribution is -2.26. The van der Waals surface area contributed by atoms with Crippen LogP contribution in [0.25, 0.3) is 0 Å². The fourth-order valence-corrected chi connectivity index (χ4v) is 2.88. The van der Waals surface area contributed by atoms with Crippen molar-refractivity contribution in [1.82, 2.24) is 4.90 Å². The number of aryl methyl sites for hydroxylation is 1. The minimum Gasteiger partial charge on any atom is -0.298 e. The van der Waals surface area contributed by atoms with Gasteiger partial charge in [-0.15, -0.1) is 0 Å². The van der Waals surface area contributed by atoms with Gasteiger partial charge in [-0.05, 0) is 30.5 Å². The Morgan fingerprint density at radius 2 is 1.35 bits per heavy atom. The van der Waals surface area contributed by atoms with Crippen LogP contribution in [0, 0.1) is 0 Å². The van der Waals surface area contributed by atoms with Crippen molar-refractivity contribution in [2.45, 2.75) is 19.4 Å². The van der Waals surface area contributed by atoms with Gasteiger partial charge in [0.25, 0.3) is 0 Å². The van der Waals surface area contributed by atoms with Gasteiger partial charge in [-0.25, -0.2) is 0 Å². The number of hydrogen-bond acceptors (Lipinski definition) is 1. The number of alkyl halides is 1. The number of hydrogen-bond donors (Lipinski definition) is 0. The molecule has 0 aliphatic carbocycles. The third kappa shape index (κ3) is 5.48. The second-order valence-corrected chi connectivity index (χ2v) is 5.83. The first-order valence-electron chi connectivity index (χ1n) is 7.24. The molecule has 0 bridgehead atoms. The molecule has 0 saturated heterocycles. The molecule has 0 amide bonds. The van der Waals surface area contributed by atoms with Crippen LogP contribution in [0.15, 0.2) is 60.7 Å². The number of nitrogens with zero attached hydrogens (tertiary/aromatic N) is 1. The van der Waals surface area contributed by atoms with Crippen molar-refractivity contribution in [2.75, 3.05) is 18.4 Å². The molecule has 0 fully saturated rings. The molecular weight excluding hydrogens is 310 g/mol. The molecule has 0 spiro atoms. The maximum absolute atomic E-state index is 3.56. The average Bonchev–Trinajstić information content (AvgIpc) is 2.49. The summed E-state index contributed by atoms with van der Waals surface area (Å²) >= 11 is 3.56. The Morgan fingerprint density at radius 3 is 1.95 bits per heavy atom. The van der Waals surface area contributed by atoms with E-state index in [-0.39, 0.29) is 0 Å². The lowest BCUT2D eigenvalue weighted by molar-refractivity contribution is 0.279. The van der Waals surface area contributed by atoms with Crippen molar-refractivity contribution < 1.29 is 0 Å². The van der Waals surface area contributed by atoms with E-state index in [4.69, 9.17) is 0 Å². The van der Waals surface area contributed by atoms with Crippen molar-refractivity contribution in [1.29, 1.82) is 0 Å². The van der Waals surface area contributed by atoms with Crippen molar-refractivity contribution in [2.24, 2.45) is 0 Å². The molecule has 106 valence electrons. The second kappa shape index (κ2) is 8.93. The molecule has 0 aliphatic heterocycles. The summed E-state index contributed by atoms with van der Waals surface area (Å²) in [5.74, 6) is 0. The van der Waals surface area contributed by atoms with Gasteiger partial charge in [0.1, 0.15) is 0 Å². The molecule has 0 radical (unpaired) electrons. The molecule has 1 nitrogen and oxygen atoms in total. The summed E-state index contributed by atoms with van der Waals surface area (Å²) in [4.78, 5) is 2.52.